The van der Waals surface area contributed by atoms with Crippen LogP contribution in [0.1, 0.15) is 22.8 Å². The fourth-order valence-electron chi connectivity index (χ4n) is 4.70. The molecule has 0 saturated heterocycles. The molecule has 2 aliphatic heterocycles. The third kappa shape index (κ3) is 4.13. The molecule has 2 aromatic carbocycles. The molecular weight excluding hydrogens is 461 g/mol. The Morgan fingerprint density at radius 3 is 1.80 bits per heavy atom. The first kappa shape index (κ1) is 21.7. The smallest absolute Gasteiger partial charge is 0.0658 e. The van der Waals surface area contributed by atoms with Gasteiger partial charge in [-0.05, 0) is 83.1 Å². The molecular formula is C30H20N4Sc. The van der Waals surface area contributed by atoms with Crippen LogP contribution in [-0.2, 0) is 25.8 Å². The van der Waals surface area contributed by atoms with E-state index in [0.717, 1.165) is 50.4 Å². The number of hydrogen-bond acceptors (Lipinski definition) is 2. The largest absolute Gasteiger partial charge is 0.355 e. The fourth-order valence-corrected chi connectivity index (χ4v) is 4.70. The van der Waals surface area contributed by atoms with E-state index in [1.54, 1.807) is 0 Å². The minimum absolute atomic E-state index is 0. The monoisotopic (exact) mass is 481 g/mol. The van der Waals surface area contributed by atoms with Crippen molar-refractivity contribution in [1.82, 2.24) is 19.9 Å². The zero-order valence-electron chi connectivity index (χ0n) is 18.9. The first-order valence-corrected chi connectivity index (χ1v) is 11.3. The molecule has 0 atom stereocenters. The van der Waals surface area contributed by atoms with Crippen molar-refractivity contribution < 1.29 is 25.8 Å². The minimum atomic E-state index is 0. The summed E-state index contributed by atoms with van der Waals surface area (Å²) in [5.74, 6) is 0. The Morgan fingerprint density at radius 2 is 1.09 bits per heavy atom. The van der Waals surface area contributed by atoms with Gasteiger partial charge in [-0.1, -0.05) is 42.5 Å². The summed E-state index contributed by atoms with van der Waals surface area (Å²) in [6.07, 6.45) is 8.20. The molecule has 3 aromatic heterocycles. The quantitative estimate of drug-likeness (QED) is 0.256. The molecule has 8 bridgehead atoms. The summed E-state index contributed by atoms with van der Waals surface area (Å²) in [5, 5.41) is 2.45. The van der Waals surface area contributed by atoms with Crippen molar-refractivity contribution in [2.24, 2.45) is 0 Å². The second-order valence-electron chi connectivity index (χ2n) is 8.61. The van der Waals surface area contributed by atoms with Gasteiger partial charge in [-0.25, -0.2) is 9.97 Å². The Labute approximate surface area is 220 Å². The fraction of sp³-hybridized carbons (Fsp3) is 0. The van der Waals surface area contributed by atoms with Crippen molar-refractivity contribution in [3.8, 4) is 11.1 Å². The Kier molecular flexibility index (Phi) is 5.42. The molecule has 35 heavy (non-hydrogen) atoms. The number of aromatic nitrogens is 4. The van der Waals surface area contributed by atoms with Gasteiger partial charge < -0.3 is 9.97 Å². The van der Waals surface area contributed by atoms with Crippen LogP contribution in [0.25, 0.3) is 68.3 Å². The molecule has 5 heterocycles. The second kappa shape index (κ2) is 8.75. The van der Waals surface area contributed by atoms with E-state index >= 15 is 0 Å². The molecule has 2 aliphatic rings. The standard InChI is InChI=1S/C30H20N4.Sc/c1-2-6-27-19(4-1)5-3-7-28(27)29-17-26-16-24-11-10-22(32-24)14-20-8-9-21(31-20)15-23-12-13-25(33-23)18-30(29)34-26;/h1-18,31,34H;. The molecule has 5 heteroatoms. The molecule has 4 nitrogen and oxygen atoms in total. The van der Waals surface area contributed by atoms with Gasteiger partial charge in [0.2, 0.25) is 0 Å². The molecule has 163 valence electrons. The third-order valence-corrected chi connectivity index (χ3v) is 6.25. The maximum atomic E-state index is 4.83. The van der Waals surface area contributed by atoms with Crippen LogP contribution in [-0.4, -0.2) is 19.9 Å². The summed E-state index contributed by atoms with van der Waals surface area (Å²) in [4.78, 5) is 16.6. The zero-order valence-corrected chi connectivity index (χ0v) is 20.7. The molecule has 2 N–H and O–H groups in total. The van der Waals surface area contributed by atoms with Crippen LogP contribution in [0.3, 0.4) is 0 Å². The van der Waals surface area contributed by atoms with Gasteiger partial charge in [0.1, 0.15) is 0 Å². The van der Waals surface area contributed by atoms with Gasteiger partial charge in [0.25, 0.3) is 0 Å². The molecule has 1 radical (unpaired) electrons. The Balaban J connectivity index is 0.00000229. The SMILES string of the molecule is C1=Cc2cc3cc(-c4cccc5ccccc45)c(cc4nc(cc5ccc(cc1n2)[nH]5)C=C4)[nH]3.[Sc]. The topological polar surface area (TPSA) is 57.4 Å². The molecule has 0 fully saturated rings. The number of benzene rings is 2. The number of aromatic amines is 2. The molecule has 0 unspecified atom stereocenters. The van der Waals surface area contributed by atoms with Gasteiger partial charge in [-0.2, -0.15) is 0 Å². The number of nitrogens with one attached hydrogen (secondary N) is 2. The number of H-pyrrole nitrogens is 2. The Bertz CT molecular complexity index is 1820. The third-order valence-electron chi connectivity index (χ3n) is 6.25. The van der Waals surface area contributed by atoms with E-state index < -0.39 is 0 Å². The van der Waals surface area contributed by atoms with Crippen molar-refractivity contribution >= 4 is 57.1 Å². The number of hydrogen-bond donors (Lipinski definition) is 2. The van der Waals surface area contributed by atoms with Gasteiger partial charge in [-0.15, -0.1) is 0 Å². The van der Waals surface area contributed by atoms with E-state index in [0.29, 0.717) is 0 Å². The normalized spacial score (nSPS) is 12.1. The summed E-state index contributed by atoms with van der Waals surface area (Å²) in [6, 6.07) is 29.6. The first-order valence-electron chi connectivity index (χ1n) is 11.3. The van der Waals surface area contributed by atoms with Crippen molar-refractivity contribution in [1.29, 1.82) is 0 Å². The van der Waals surface area contributed by atoms with Crippen molar-refractivity contribution in [3.63, 3.8) is 0 Å². The summed E-state index contributed by atoms with van der Waals surface area (Å²) in [6.45, 7) is 0. The molecule has 0 spiro atoms. The van der Waals surface area contributed by atoms with E-state index in [2.05, 4.69) is 101 Å². The van der Waals surface area contributed by atoms with Gasteiger partial charge in [0.05, 0.1) is 22.8 Å². The van der Waals surface area contributed by atoms with Gasteiger partial charge in [0.15, 0.2) is 0 Å². The van der Waals surface area contributed by atoms with Crippen molar-refractivity contribution in [3.05, 3.63) is 108 Å². The van der Waals surface area contributed by atoms with Crippen LogP contribution in [0.4, 0.5) is 0 Å². The van der Waals surface area contributed by atoms with Gasteiger partial charge >= 0.3 is 0 Å². The van der Waals surface area contributed by atoms with E-state index in [-0.39, 0.29) is 25.8 Å². The number of rotatable bonds is 1. The zero-order chi connectivity index (χ0) is 22.5. The minimum Gasteiger partial charge on any atom is -0.355 e. The van der Waals surface area contributed by atoms with E-state index in [4.69, 9.17) is 9.97 Å². The van der Waals surface area contributed by atoms with E-state index in [1.165, 1.54) is 16.3 Å². The van der Waals surface area contributed by atoms with Crippen LogP contribution in [0, 0.1) is 0 Å². The predicted molar refractivity (Wildman–Crippen MR) is 142 cm³/mol. The average molecular weight is 481 g/mol. The van der Waals surface area contributed by atoms with Crippen LogP contribution in [0.2, 0.25) is 0 Å². The summed E-state index contributed by atoms with van der Waals surface area (Å²) in [7, 11) is 0. The first-order chi connectivity index (χ1) is 16.8. The maximum absolute atomic E-state index is 4.83. The van der Waals surface area contributed by atoms with E-state index in [9.17, 15) is 0 Å². The van der Waals surface area contributed by atoms with Crippen LogP contribution >= 0.6 is 0 Å². The maximum Gasteiger partial charge on any atom is 0.0658 e. The number of fused-ring (bicyclic) bond motifs is 9. The molecule has 7 rings (SSSR count). The Hall–Kier alpha value is -3.83. The van der Waals surface area contributed by atoms with Crippen molar-refractivity contribution in [2.75, 3.05) is 0 Å². The summed E-state index contributed by atoms with van der Waals surface area (Å²) < 4.78 is 0. The molecule has 0 amide bonds. The molecule has 0 saturated carbocycles. The van der Waals surface area contributed by atoms with Crippen LogP contribution in [0.15, 0.2) is 84.9 Å². The van der Waals surface area contributed by atoms with Crippen LogP contribution in [0.5, 0.6) is 0 Å². The molecule has 5 aromatic rings. The summed E-state index contributed by atoms with van der Waals surface area (Å²) >= 11 is 0. The molecule has 0 aliphatic carbocycles. The van der Waals surface area contributed by atoms with Gasteiger partial charge in [0, 0.05) is 53.5 Å². The van der Waals surface area contributed by atoms with Crippen LogP contribution < -0.4 is 0 Å². The number of nitrogens with zero attached hydrogens (tertiary/aromatic N) is 2. The summed E-state index contributed by atoms with van der Waals surface area (Å²) in [5.41, 5.74) is 10.1. The van der Waals surface area contributed by atoms with Crippen molar-refractivity contribution in [2.45, 2.75) is 0 Å². The Morgan fingerprint density at radius 1 is 0.486 bits per heavy atom. The second-order valence-corrected chi connectivity index (χ2v) is 8.61. The predicted octanol–water partition coefficient (Wildman–Crippen LogP) is 7.47. The van der Waals surface area contributed by atoms with E-state index in [1.807, 2.05) is 18.2 Å². The average Bonchev–Trinajstić information content (AvgIpc) is 3.64. The van der Waals surface area contributed by atoms with Gasteiger partial charge in [-0.3, -0.25) is 0 Å².